The molecule has 5 heteroatoms. The normalized spacial score (nSPS) is 13.5. The predicted molar refractivity (Wildman–Crippen MR) is 88.9 cm³/mol. The van der Waals surface area contributed by atoms with Gasteiger partial charge in [0.1, 0.15) is 5.75 Å². The molecule has 0 spiro atoms. The van der Waals surface area contributed by atoms with Gasteiger partial charge in [-0.15, -0.1) is 11.3 Å². The first-order valence-corrected chi connectivity index (χ1v) is 8.60. The fourth-order valence-electron chi connectivity index (χ4n) is 2.52. The van der Waals surface area contributed by atoms with Gasteiger partial charge in [-0.25, -0.2) is 4.98 Å². The van der Waals surface area contributed by atoms with Crippen molar-refractivity contribution in [1.29, 1.82) is 0 Å². The molecule has 1 aromatic heterocycles. The van der Waals surface area contributed by atoms with Gasteiger partial charge < -0.3 is 4.74 Å². The highest BCUT2D eigenvalue weighted by Crippen LogP contribution is 2.29. The van der Waals surface area contributed by atoms with E-state index in [0.29, 0.717) is 17.3 Å². The van der Waals surface area contributed by atoms with Crippen molar-refractivity contribution in [2.24, 2.45) is 0 Å². The highest BCUT2D eigenvalue weighted by Gasteiger charge is 2.17. The topological polar surface area (TPSA) is 51.2 Å². The lowest BCUT2D eigenvalue weighted by Gasteiger charge is -2.06. The van der Waals surface area contributed by atoms with Crippen molar-refractivity contribution in [1.82, 2.24) is 4.98 Å². The van der Waals surface area contributed by atoms with E-state index >= 15 is 0 Å². The molecule has 1 aliphatic carbocycles. The summed E-state index contributed by atoms with van der Waals surface area (Å²) in [5.74, 6) is 0.598. The number of aryl methyl sites for hydroxylation is 2. The molecule has 1 heterocycles. The Morgan fingerprint density at radius 1 is 1.36 bits per heavy atom. The Hall–Kier alpha value is -1.88. The number of rotatable bonds is 5. The van der Waals surface area contributed by atoms with E-state index in [0.717, 1.165) is 30.7 Å². The number of nitrogens with one attached hydrogen (secondary N) is 1. The fraction of sp³-hybridized carbons (Fsp3) is 0.412. The maximum atomic E-state index is 12.4. The quantitative estimate of drug-likeness (QED) is 0.905. The van der Waals surface area contributed by atoms with E-state index in [-0.39, 0.29) is 5.91 Å². The monoisotopic (exact) mass is 316 g/mol. The van der Waals surface area contributed by atoms with Crippen LogP contribution in [-0.4, -0.2) is 17.5 Å². The van der Waals surface area contributed by atoms with Gasteiger partial charge in [-0.3, -0.25) is 10.1 Å². The molecule has 22 heavy (non-hydrogen) atoms. The fourth-order valence-corrected chi connectivity index (χ4v) is 3.57. The minimum Gasteiger partial charge on any atom is -0.494 e. The van der Waals surface area contributed by atoms with Crippen LogP contribution < -0.4 is 10.1 Å². The molecule has 0 saturated heterocycles. The van der Waals surface area contributed by atoms with Crippen LogP contribution in [0.4, 0.5) is 5.13 Å². The Kier molecular flexibility index (Phi) is 4.73. The minimum absolute atomic E-state index is 0.131. The summed E-state index contributed by atoms with van der Waals surface area (Å²) in [4.78, 5) is 18.2. The van der Waals surface area contributed by atoms with Crippen LogP contribution >= 0.6 is 11.3 Å². The number of carbonyl (C=O) groups is 1. The van der Waals surface area contributed by atoms with Crippen molar-refractivity contribution >= 4 is 22.4 Å². The summed E-state index contributed by atoms with van der Waals surface area (Å²) in [7, 11) is 0. The maximum Gasteiger partial charge on any atom is 0.257 e. The lowest BCUT2D eigenvalue weighted by molar-refractivity contribution is 0.102. The van der Waals surface area contributed by atoms with Crippen molar-refractivity contribution in [2.45, 2.75) is 39.0 Å². The number of thiazole rings is 1. The Bertz CT molecular complexity index is 643. The summed E-state index contributed by atoms with van der Waals surface area (Å²) in [5.41, 5.74) is 1.76. The number of hydrogen-bond acceptors (Lipinski definition) is 4. The van der Waals surface area contributed by atoms with Crippen molar-refractivity contribution < 1.29 is 9.53 Å². The van der Waals surface area contributed by atoms with Gasteiger partial charge in [-0.05, 0) is 50.3 Å². The largest absolute Gasteiger partial charge is 0.494 e. The zero-order valence-electron chi connectivity index (χ0n) is 12.7. The highest BCUT2D eigenvalue weighted by atomic mass is 32.1. The second-order valence-corrected chi connectivity index (χ2v) is 6.51. The van der Waals surface area contributed by atoms with Gasteiger partial charge in [0.15, 0.2) is 5.13 Å². The number of ether oxygens (including phenoxy) is 1. The first kappa shape index (κ1) is 15.0. The van der Waals surface area contributed by atoms with Crippen LogP contribution in [0.2, 0.25) is 0 Å². The summed E-state index contributed by atoms with van der Waals surface area (Å²) in [6.07, 6.45) is 5.48. The SMILES string of the molecule is CCCOc1cccc(C(=O)Nc2nc3c(s2)CCCC3)c1. The number of hydrogen-bond donors (Lipinski definition) is 1. The number of anilines is 1. The van der Waals surface area contributed by atoms with Crippen LogP contribution in [0.5, 0.6) is 5.75 Å². The second-order valence-electron chi connectivity index (χ2n) is 5.43. The summed E-state index contributed by atoms with van der Waals surface area (Å²) in [6, 6.07) is 7.28. The molecule has 1 amide bonds. The van der Waals surface area contributed by atoms with E-state index in [1.165, 1.54) is 17.7 Å². The zero-order valence-corrected chi connectivity index (χ0v) is 13.5. The molecule has 0 aliphatic heterocycles. The second kappa shape index (κ2) is 6.92. The smallest absolute Gasteiger partial charge is 0.257 e. The highest BCUT2D eigenvalue weighted by molar-refractivity contribution is 7.15. The lowest BCUT2D eigenvalue weighted by Crippen LogP contribution is -2.12. The molecule has 1 N–H and O–H groups in total. The summed E-state index contributed by atoms with van der Waals surface area (Å²) < 4.78 is 5.57. The molecule has 0 atom stereocenters. The molecule has 1 aromatic carbocycles. The van der Waals surface area contributed by atoms with Gasteiger partial charge >= 0.3 is 0 Å². The number of fused-ring (bicyclic) bond motifs is 1. The van der Waals surface area contributed by atoms with Crippen molar-refractivity contribution in [3.05, 3.63) is 40.4 Å². The molecular formula is C17H20N2O2S. The zero-order chi connectivity index (χ0) is 15.4. The number of carbonyl (C=O) groups excluding carboxylic acids is 1. The third-order valence-corrected chi connectivity index (χ3v) is 4.71. The van der Waals surface area contributed by atoms with Gasteiger partial charge in [0, 0.05) is 10.4 Å². The Balaban J connectivity index is 1.70. The molecule has 0 radical (unpaired) electrons. The van der Waals surface area contributed by atoms with Crippen LogP contribution in [0.25, 0.3) is 0 Å². The molecular weight excluding hydrogens is 296 g/mol. The van der Waals surface area contributed by atoms with Gasteiger partial charge in [0.2, 0.25) is 0 Å². The standard InChI is InChI=1S/C17H20N2O2S/c1-2-10-21-13-7-5-6-12(11-13)16(20)19-17-18-14-8-3-4-9-15(14)22-17/h5-7,11H,2-4,8-10H2,1H3,(H,18,19,20). The number of benzene rings is 1. The van der Waals surface area contributed by atoms with Crippen molar-refractivity contribution in [3.63, 3.8) is 0 Å². The van der Waals surface area contributed by atoms with E-state index < -0.39 is 0 Å². The predicted octanol–water partition coefficient (Wildman–Crippen LogP) is 4.06. The molecule has 0 unspecified atom stereocenters. The third kappa shape index (κ3) is 3.47. The number of amides is 1. The molecule has 0 bridgehead atoms. The summed E-state index contributed by atoms with van der Waals surface area (Å²) in [6.45, 7) is 2.71. The van der Waals surface area contributed by atoms with Gasteiger partial charge in [0.25, 0.3) is 5.91 Å². The summed E-state index contributed by atoms with van der Waals surface area (Å²) >= 11 is 1.60. The molecule has 3 rings (SSSR count). The molecule has 116 valence electrons. The van der Waals surface area contributed by atoms with Crippen LogP contribution in [0.1, 0.15) is 47.1 Å². The van der Waals surface area contributed by atoms with Crippen LogP contribution in [0.3, 0.4) is 0 Å². The van der Waals surface area contributed by atoms with Gasteiger partial charge in [-0.2, -0.15) is 0 Å². The minimum atomic E-state index is -0.131. The van der Waals surface area contributed by atoms with Crippen LogP contribution in [0.15, 0.2) is 24.3 Å². The first-order valence-electron chi connectivity index (χ1n) is 7.79. The molecule has 4 nitrogen and oxygen atoms in total. The number of aromatic nitrogens is 1. The summed E-state index contributed by atoms with van der Waals surface area (Å²) in [5, 5.41) is 3.62. The molecule has 0 saturated carbocycles. The maximum absolute atomic E-state index is 12.4. The Morgan fingerprint density at radius 3 is 3.05 bits per heavy atom. The van der Waals surface area contributed by atoms with E-state index in [1.54, 1.807) is 23.5 Å². The van der Waals surface area contributed by atoms with Gasteiger partial charge in [-0.1, -0.05) is 13.0 Å². The van der Waals surface area contributed by atoms with E-state index in [4.69, 9.17) is 4.74 Å². The average Bonchev–Trinajstić information content (AvgIpc) is 2.95. The van der Waals surface area contributed by atoms with Crippen molar-refractivity contribution in [2.75, 3.05) is 11.9 Å². The van der Waals surface area contributed by atoms with E-state index in [9.17, 15) is 4.79 Å². The first-order chi connectivity index (χ1) is 10.8. The Morgan fingerprint density at radius 2 is 2.23 bits per heavy atom. The molecule has 0 fully saturated rings. The van der Waals surface area contributed by atoms with E-state index in [1.807, 2.05) is 12.1 Å². The van der Waals surface area contributed by atoms with Crippen LogP contribution in [0, 0.1) is 0 Å². The third-order valence-electron chi connectivity index (χ3n) is 3.64. The number of nitrogens with zero attached hydrogens (tertiary/aromatic N) is 1. The molecule has 1 aliphatic rings. The average molecular weight is 316 g/mol. The van der Waals surface area contributed by atoms with Crippen molar-refractivity contribution in [3.8, 4) is 5.75 Å². The van der Waals surface area contributed by atoms with E-state index in [2.05, 4.69) is 17.2 Å². The van der Waals surface area contributed by atoms with Gasteiger partial charge in [0.05, 0.1) is 12.3 Å². The lowest BCUT2D eigenvalue weighted by atomic mass is 10.0. The molecule has 2 aromatic rings. The Labute approximate surface area is 134 Å². The van der Waals surface area contributed by atoms with Crippen LogP contribution in [-0.2, 0) is 12.8 Å².